The molecule has 1 aliphatic carbocycles. The molecule has 92 valence electrons. The Balaban J connectivity index is 1.79. The summed E-state index contributed by atoms with van der Waals surface area (Å²) in [6, 6.07) is 8.18. The molecule has 0 heterocycles. The first kappa shape index (κ1) is 12.7. The van der Waals surface area contributed by atoms with Crippen LogP contribution in [0.15, 0.2) is 24.3 Å². The van der Waals surface area contributed by atoms with Crippen LogP contribution in [-0.4, -0.2) is 16.8 Å². The molecule has 0 unspecified atom stereocenters. The number of carbonyl (C=O) groups excluding carboxylic acids is 1. The molecule has 2 rings (SSSR count). The summed E-state index contributed by atoms with van der Waals surface area (Å²) in [5.41, 5.74) is 2.41. The summed E-state index contributed by atoms with van der Waals surface area (Å²) in [4.78, 5) is 11.9. The van der Waals surface area contributed by atoms with Gasteiger partial charge in [0.15, 0.2) is 0 Å². The number of aryl methyl sites for hydroxylation is 1. The van der Waals surface area contributed by atoms with Crippen LogP contribution in [-0.2, 0) is 11.2 Å². The Labute approximate surface area is 108 Å². The van der Waals surface area contributed by atoms with E-state index in [1.807, 2.05) is 23.9 Å². The van der Waals surface area contributed by atoms with E-state index in [0.717, 1.165) is 5.25 Å². The lowest BCUT2D eigenvalue weighted by Crippen LogP contribution is -2.09. The molecule has 1 aromatic rings. The van der Waals surface area contributed by atoms with Gasteiger partial charge in [-0.2, -0.15) is 11.8 Å². The molecule has 0 radical (unpaired) electrons. The maximum absolute atomic E-state index is 11.9. The summed E-state index contributed by atoms with van der Waals surface area (Å²) in [5, 5.41) is 0.746. The normalized spacial score (nSPS) is 16.3. The van der Waals surface area contributed by atoms with Crippen LogP contribution in [0.5, 0.6) is 0 Å². The van der Waals surface area contributed by atoms with Crippen LogP contribution in [0.3, 0.4) is 0 Å². The average Bonchev–Trinajstić information content (AvgIpc) is 2.82. The largest absolute Gasteiger partial charge is 0.298 e. The number of Topliss-reactive ketones (excluding diaryl/α,β-unsaturated/α-hetero) is 1. The summed E-state index contributed by atoms with van der Waals surface area (Å²) >= 11 is 1.87. The van der Waals surface area contributed by atoms with E-state index in [4.69, 9.17) is 0 Å². The highest BCUT2D eigenvalue weighted by Crippen LogP contribution is 2.29. The van der Waals surface area contributed by atoms with E-state index in [0.29, 0.717) is 18.0 Å². The quantitative estimate of drug-likeness (QED) is 0.788. The van der Waals surface area contributed by atoms with Gasteiger partial charge in [-0.3, -0.25) is 4.79 Å². The minimum Gasteiger partial charge on any atom is -0.298 e. The van der Waals surface area contributed by atoms with Crippen molar-refractivity contribution in [2.45, 2.75) is 44.3 Å². The van der Waals surface area contributed by atoms with E-state index in [1.165, 1.54) is 36.8 Å². The Kier molecular flexibility index (Phi) is 4.66. The van der Waals surface area contributed by atoms with Gasteiger partial charge in [0.05, 0.1) is 5.75 Å². The molecule has 0 saturated heterocycles. The maximum atomic E-state index is 11.9. The standard InChI is InChI=1S/C15H20OS/c1-12-6-2-3-7-13(12)10-14(16)11-17-15-8-4-5-9-15/h2-3,6-7,15H,4-5,8-11H2,1H3. The highest BCUT2D eigenvalue weighted by atomic mass is 32.2. The van der Waals surface area contributed by atoms with Gasteiger partial charge in [-0.1, -0.05) is 37.1 Å². The van der Waals surface area contributed by atoms with Crippen molar-refractivity contribution in [3.05, 3.63) is 35.4 Å². The Morgan fingerprint density at radius 1 is 1.29 bits per heavy atom. The van der Waals surface area contributed by atoms with Gasteiger partial charge in [0.2, 0.25) is 0 Å². The predicted molar refractivity (Wildman–Crippen MR) is 74.6 cm³/mol. The van der Waals surface area contributed by atoms with Crippen molar-refractivity contribution >= 4 is 17.5 Å². The number of hydrogen-bond acceptors (Lipinski definition) is 2. The third kappa shape index (κ3) is 3.88. The molecule has 0 spiro atoms. The van der Waals surface area contributed by atoms with Crippen LogP contribution in [0.4, 0.5) is 0 Å². The summed E-state index contributed by atoms with van der Waals surface area (Å²) in [6.45, 7) is 2.08. The zero-order chi connectivity index (χ0) is 12.1. The van der Waals surface area contributed by atoms with Crippen molar-refractivity contribution in [1.29, 1.82) is 0 Å². The van der Waals surface area contributed by atoms with Gasteiger partial charge >= 0.3 is 0 Å². The summed E-state index contributed by atoms with van der Waals surface area (Å²) in [5.74, 6) is 1.06. The van der Waals surface area contributed by atoms with E-state index < -0.39 is 0 Å². The second-order valence-electron chi connectivity index (χ2n) is 4.86. The van der Waals surface area contributed by atoms with Gasteiger partial charge in [0, 0.05) is 11.7 Å². The van der Waals surface area contributed by atoms with Gasteiger partial charge in [-0.25, -0.2) is 0 Å². The Morgan fingerprint density at radius 2 is 2.00 bits per heavy atom. The maximum Gasteiger partial charge on any atom is 0.147 e. The van der Waals surface area contributed by atoms with E-state index >= 15 is 0 Å². The summed E-state index contributed by atoms with van der Waals surface area (Å²) < 4.78 is 0. The minimum atomic E-state index is 0.371. The summed E-state index contributed by atoms with van der Waals surface area (Å²) in [6.07, 6.45) is 5.92. The van der Waals surface area contributed by atoms with Crippen molar-refractivity contribution in [2.24, 2.45) is 0 Å². The van der Waals surface area contributed by atoms with Crippen molar-refractivity contribution in [2.75, 3.05) is 5.75 Å². The third-order valence-corrected chi connectivity index (χ3v) is 4.86. The van der Waals surface area contributed by atoms with Gasteiger partial charge in [0.25, 0.3) is 0 Å². The smallest absolute Gasteiger partial charge is 0.147 e. The van der Waals surface area contributed by atoms with Gasteiger partial charge in [-0.05, 0) is 30.9 Å². The number of ketones is 1. The Bertz CT molecular complexity index is 380. The zero-order valence-electron chi connectivity index (χ0n) is 10.4. The van der Waals surface area contributed by atoms with E-state index in [1.54, 1.807) is 0 Å². The van der Waals surface area contributed by atoms with Crippen LogP contribution >= 0.6 is 11.8 Å². The molecule has 1 fully saturated rings. The molecule has 0 atom stereocenters. The number of carbonyl (C=O) groups is 1. The molecule has 1 aliphatic rings. The van der Waals surface area contributed by atoms with Crippen LogP contribution < -0.4 is 0 Å². The van der Waals surface area contributed by atoms with Gasteiger partial charge in [-0.15, -0.1) is 0 Å². The fourth-order valence-electron chi connectivity index (χ4n) is 2.34. The SMILES string of the molecule is Cc1ccccc1CC(=O)CSC1CCCC1. The number of hydrogen-bond donors (Lipinski definition) is 0. The summed E-state index contributed by atoms with van der Waals surface area (Å²) in [7, 11) is 0. The molecule has 1 saturated carbocycles. The molecular weight excluding hydrogens is 228 g/mol. The van der Waals surface area contributed by atoms with Crippen LogP contribution in [0.1, 0.15) is 36.8 Å². The zero-order valence-corrected chi connectivity index (χ0v) is 11.3. The third-order valence-electron chi connectivity index (χ3n) is 3.43. The van der Waals surface area contributed by atoms with Crippen molar-refractivity contribution in [3.63, 3.8) is 0 Å². The predicted octanol–water partition coefficient (Wildman–Crippen LogP) is 3.78. The average molecular weight is 248 g/mol. The molecule has 0 N–H and O–H groups in total. The lowest BCUT2D eigenvalue weighted by Gasteiger charge is -2.08. The molecule has 17 heavy (non-hydrogen) atoms. The van der Waals surface area contributed by atoms with Gasteiger partial charge < -0.3 is 0 Å². The second kappa shape index (κ2) is 6.25. The molecule has 0 amide bonds. The first-order valence-corrected chi connectivity index (χ1v) is 7.48. The first-order chi connectivity index (χ1) is 8.25. The fourth-order valence-corrected chi connectivity index (χ4v) is 3.53. The minimum absolute atomic E-state index is 0.371. The molecular formula is C15H20OS. The van der Waals surface area contributed by atoms with Gasteiger partial charge in [0.1, 0.15) is 5.78 Å². The molecule has 1 nitrogen and oxygen atoms in total. The monoisotopic (exact) mass is 248 g/mol. The Hall–Kier alpha value is -0.760. The first-order valence-electron chi connectivity index (χ1n) is 6.43. The lowest BCUT2D eigenvalue weighted by atomic mass is 10.0. The highest BCUT2D eigenvalue weighted by molar-refractivity contribution is 8.00. The molecule has 0 aromatic heterocycles. The van der Waals surface area contributed by atoms with E-state index in [2.05, 4.69) is 19.1 Å². The van der Waals surface area contributed by atoms with Crippen LogP contribution in [0.25, 0.3) is 0 Å². The van der Waals surface area contributed by atoms with Crippen molar-refractivity contribution < 1.29 is 4.79 Å². The van der Waals surface area contributed by atoms with E-state index in [9.17, 15) is 4.79 Å². The van der Waals surface area contributed by atoms with Crippen LogP contribution in [0, 0.1) is 6.92 Å². The fraction of sp³-hybridized carbons (Fsp3) is 0.533. The number of benzene rings is 1. The lowest BCUT2D eigenvalue weighted by molar-refractivity contribution is -0.116. The topological polar surface area (TPSA) is 17.1 Å². The molecule has 0 aliphatic heterocycles. The van der Waals surface area contributed by atoms with Crippen molar-refractivity contribution in [3.8, 4) is 0 Å². The van der Waals surface area contributed by atoms with E-state index in [-0.39, 0.29) is 0 Å². The molecule has 2 heteroatoms. The second-order valence-corrected chi connectivity index (χ2v) is 6.15. The Morgan fingerprint density at radius 3 is 2.71 bits per heavy atom. The number of thioether (sulfide) groups is 1. The number of rotatable bonds is 5. The van der Waals surface area contributed by atoms with Crippen molar-refractivity contribution in [1.82, 2.24) is 0 Å². The molecule has 0 bridgehead atoms. The van der Waals surface area contributed by atoms with Crippen LogP contribution in [0.2, 0.25) is 0 Å². The molecule has 1 aromatic carbocycles. The highest BCUT2D eigenvalue weighted by Gasteiger charge is 2.16.